The molecule has 1 saturated heterocycles. The summed E-state index contributed by atoms with van der Waals surface area (Å²) >= 11 is 0. The Morgan fingerprint density at radius 1 is 1.04 bits per heavy atom. The van der Waals surface area contributed by atoms with Crippen molar-refractivity contribution in [3.8, 4) is 5.75 Å². The lowest BCUT2D eigenvalue weighted by atomic mass is 10.1. The number of nitrogens with zero attached hydrogens (tertiary/aromatic N) is 1. The highest BCUT2D eigenvalue weighted by molar-refractivity contribution is 5.96. The van der Waals surface area contributed by atoms with E-state index in [0.29, 0.717) is 43.3 Å². The smallest absolute Gasteiger partial charge is 0.262 e. The number of hydrogen-bond acceptors (Lipinski definition) is 4. The molecule has 0 bridgehead atoms. The summed E-state index contributed by atoms with van der Waals surface area (Å²) in [5.41, 5.74) is 3.40. The van der Waals surface area contributed by atoms with E-state index in [-0.39, 0.29) is 18.4 Å². The number of ether oxygens (including phenoxy) is 2. The van der Waals surface area contributed by atoms with E-state index in [2.05, 4.69) is 5.32 Å². The molecule has 0 unspecified atom stereocenters. The minimum Gasteiger partial charge on any atom is -0.484 e. The summed E-state index contributed by atoms with van der Waals surface area (Å²) in [7, 11) is 0. The number of morpholine rings is 1. The first-order valence-electron chi connectivity index (χ1n) is 8.99. The van der Waals surface area contributed by atoms with Gasteiger partial charge in [0.25, 0.3) is 11.8 Å². The minimum absolute atomic E-state index is 0.0191. The Hall–Kier alpha value is -2.86. The van der Waals surface area contributed by atoms with Crippen LogP contribution in [0, 0.1) is 13.8 Å². The number of hydrogen-bond donors (Lipinski definition) is 1. The average molecular weight is 368 g/mol. The van der Waals surface area contributed by atoms with Crippen molar-refractivity contribution in [1.29, 1.82) is 0 Å². The van der Waals surface area contributed by atoms with E-state index in [4.69, 9.17) is 9.47 Å². The van der Waals surface area contributed by atoms with Crippen molar-refractivity contribution in [1.82, 2.24) is 4.90 Å². The fourth-order valence-electron chi connectivity index (χ4n) is 3.01. The van der Waals surface area contributed by atoms with E-state index in [1.165, 1.54) is 0 Å². The average Bonchev–Trinajstić information content (AvgIpc) is 2.66. The van der Waals surface area contributed by atoms with Crippen LogP contribution in [0.25, 0.3) is 0 Å². The molecule has 0 spiro atoms. The summed E-state index contributed by atoms with van der Waals surface area (Å²) in [6, 6.07) is 12.7. The maximum absolute atomic E-state index is 12.4. The molecule has 0 atom stereocenters. The zero-order chi connectivity index (χ0) is 19.2. The van der Waals surface area contributed by atoms with Crippen LogP contribution in [-0.2, 0) is 9.53 Å². The van der Waals surface area contributed by atoms with Crippen LogP contribution in [0.15, 0.2) is 42.5 Å². The van der Waals surface area contributed by atoms with E-state index < -0.39 is 0 Å². The van der Waals surface area contributed by atoms with Crippen molar-refractivity contribution in [2.24, 2.45) is 0 Å². The van der Waals surface area contributed by atoms with Crippen LogP contribution in [0.4, 0.5) is 5.69 Å². The highest BCUT2D eigenvalue weighted by Crippen LogP contribution is 2.17. The molecule has 3 rings (SSSR count). The van der Waals surface area contributed by atoms with Crippen LogP contribution in [0.1, 0.15) is 21.5 Å². The second-order valence-electron chi connectivity index (χ2n) is 6.64. The number of rotatable bonds is 5. The van der Waals surface area contributed by atoms with E-state index in [0.717, 1.165) is 11.1 Å². The number of amides is 2. The molecule has 1 aliphatic heterocycles. The van der Waals surface area contributed by atoms with Gasteiger partial charge in [-0.05, 0) is 61.4 Å². The summed E-state index contributed by atoms with van der Waals surface area (Å²) in [5.74, 6) is 0.407. The molecule has 6 nitrogen and oxygen atoms in total. The van der Waals surface area contributed by atoms with E-state index in [9.17, 15) is 9.59 Å². The molecule has 6 heteroatoms. The van der Waals surface area contributed by atoms with Crippen LogP contribution in [0.2, 0.25) is 0 Å². The molecule has 0 saturated carbocycles. The Morgan fingerprint density at radius 2 is 1.67 bits per heavy atom. The van der Waals surface area contributed by atoms with Gasteiger partial charge in [-0.3, -0.25) is 9.59 Å². The Balaban J connectivity index is 1.52. The highest BCUT2D eigenvalue weighted by atomic mass is 16.5. The summed E-state index contributed by atoms with van der Waals surface area (Å²) in [6.07, 6.45) is 0. The van der Waals surface area contributed by atoms with Crippen LogP contribution in [0.5, 0.6) is 5.75 Å². The van der Waals surface area contributed by atoms with Gasteiger partial charge in [-0.15, -0.1) is 0 Å². The molecule has 1 N–H and O–H groups in total. The van der Waals surface area contributed by atoms with Crippen molar-refractivity contribution in [3.05, 3.63) is 59.2 Å². The number of carbonyl (C=O) groups is 2. The van der Waals surface area contributed by atoms with Crippen molar-refractivity contribution in [2.45, 2.75) is 13.8 Å². The largest absolute Gasteiger partial charge is 0.484 e. The molecule has 1 fully saturated rings. The fourth-order valence-corrected chi connectivity index (χ4v) is 3.01. The Kier molecular flexibility index (Phi) is 6.08. The topological polar surface area (TPSA) is 67.9 Å². The summed E-state index contributed by atoms with van der Waals surface area (Å²) in [4.78, 5) is 26.3. The Labute approximate surface area is 159 Å². The lowest BCUT2D eigenvalue weighted by Crippen LogP contribution is -2.40. The predicted octanol–water partition coefficient (Wildman–Crippen LogP) is 2.79. The molecule has 1 heterocycles. The number of nitrogens with one attached hydrogen (secondary N) is 1. The maximum Gasteiger partial charge on any atom is 0.262 e. The zero-order valence-corrected chi connectivity index (χ0v) is 15.7. The molecule has 2 amide bonds. The van der Waals surface area contributed by atoms with Gasteiger partial charge in [0.2, 0.25) is 0 Å². The predicted molar refractivity (Wildman–Crippen MR) is 103 cm³/mol. The summed E-state index contributed by atoms with van der Waals surface area (Å²) < 4.78 is 10.8. The van der Waals surface area contributed by atoms with E-state index >= 15 is 0 Å². The molecule has 27 heavy (non-hydrogen) atoms. The van der Waals surface area contributed by atoms with Gasteiger partial charge in [0.1, 0.15) is 5.75 Å². The fraction of sp³-hybridized carbons (Fsp3) is 0.333. The molecular formula is C21H24N2O4. The van der Waals surface area contributed by atoms with Gasteiger partial charge in [0, 0.05) is 24.3 Å². The Morgan fingerprint density at radius 3 is 2.30 bits per heavy atom. The van der Waals surface area contributed by atoms with Crippen molar-refractivity contribution in [2.75, 3.05) is 38.2 Å². The molecular weight excluding hydrogens is 344 g/mol. The normalized spacial score (nSPS) is 13.9. The van der Waals surface area contributed by atoms with Gasteiger partial charge < -0.3 is 19.7 Å². The van der Waals surface area contributed by atoms with Gasteiger partial charge in [-0.25, -0.2) is 0 Å². The third kappa shape index (κ3) is 5.31. The molecule has 142 valence electrons. The second-order valence-corrected chi connectivity index (χ2v) is 6.64. The quantitative estimate of drug-likeness (QED) is 0.881. The summed E-state index contributed by atoms with van der Waals surface area (Å²) in [6.45, 7) is 6.25. The molecule has 2 aromatic carbocycles. The first-order chi connectivity index (χ1) is 13.0. The van der Waals surface area contributed by atoms with Gasteiger partial charge in [0.15, 0.2) is 6.61 Å². The SMILES string of the molecule is Cc1cc(C)cc(OCC(=O)Nc2ccc(C(=O)N3CCOCC3)cc2)c1. The summed E-state index contributed by atoms with van der Waals surface area (Å²) in [5, 5.41) is 2.78. The van der Waals surface area contributed by atoms with Crippen molar-refractivity contribution in [3.63, 3.8) is 0 Å². The number of aryl methyl sites for hydroxylation is 2. The third-order valence-electron chi connectivity index (χ3n) is 4.28. The third-order valence-corrected chi connectivity index (χ3v) is 4.28. The number of benzene rings is 2. The highest BCUT2D eigenvalue weighted by Gasteiger charge is 2.18. The molecule has 0 radical (unpaired) electrons. The molecule has 2 aromatic rings. The van der Waals surface area contributed by atoms with Gasteiger partial charge in [-0.1, -0.05) is 6.07 Å². The maximum atomic E-state index is 12.4. The van der Waals surface area contributed by atoms with E-state index in [1.54, 1.807) is 29.2 Å². The molecule has 0 aromatic heterocycles. The van der Waals surface area contributed by atoms with Crippen LogP contribution >= 0.6 is 0 Å². The second kappa shape index (κ2) is 8.68. The molecule has 0 aliphatic carbocycles. The zero-order valence-electron chi connectivity index (χ0n) is 15.7. The lowest BCUT2D eigenvalue weighted by Gasteiger charge is -2.26. The van der Waals surface area contributed by atoms with Crippen molar-refractivity contribution < 1.29 is 19.1 Å². The van der Waals surface area contributed by atoms with Gasteiger partial charge >= 0.3 is 0 Å². The standard InChI is InChI=1S/C21H24N2O4/c1-15-11-16(2)13-19(12-15)27-14-20(24)22-18-5-3-17(4-6-18)21(25)23-7-9-26-10-8-23/h3-6,11-13H,7-10,14H2,1-2H3,(H,22,24). The van der Waals surface area contributed by atoms with Gasteiger partial charge in [-0.2, -0.15) is 0 Å². The minimum atomic E-state index is -0.249. The number of carbonyl (C=O) groups excluding carboxylic acids is 2. The van der Waals surface area contributed by atoms with Crippen LogP contribution in [0.3, 0.4) is 0 Å². The first kappa shape index (κ1) is 18.9. The van der Waals surface area contributed by atoms with Crippen molar-refractivity contribution >= 4 is 17.5 Å². The monoisotopic (exact) mass is 368 g/mol. The van der Waals surface area contributed by atoms with Gasteiger partial charge in [0.05, 0.1) is 13.2 Å². The van der Waals surface area contributed by atoms with Crippen LogP contribution < -0.4 is 10.1 Å². The Bertz CT molecular complexity index is 791. The first-order valence-corrected chi connectivity index (χ1v) is 8.99. The molecule has 1 aliphatic rings. The number of anilines is 1. The lowest BCUT2D eigenvalue weighted by molar-refractivity contribution is -0.118. The van der Waals surface area contributed by atoms with E-state index in [1.807, 2.05) is 32.0 Å². The van der Waals surface area contributed by atoms with Crippen LogP contribution in [-0.4, -0.2) is 49.6 Å².